The minimum Gasteiger partial charge on any atom is -0.477 e. The predicted octanol–water partition coefficient (Wildman–Crippen LogP) is 0.984. The summed E-state index contributed by atoms with van der Waals surface area (Å²) in [5, 5.41) is 0.452. The highest BCUT2D eigenvalue weighted by atomic mass is 16.5. The molecule has 1 aliphatic heterocycles. The molecule has 2 N–H and O–H groups in total. The average molecular weight is 378 g/mol. The number of carbonyl (C=O) groups excluding carboxylic acids is 2. The van der Waals surface area contributed by atoms with E-state index in [1.807, 2.05) is 13.0 Å². The number of rotatable bonds is 3. The van der Waals surface area contributed by atoms with Crippen LogP contribution in [0.2, 0.25) is 0 Å². The van der Waals surface area contributed by atoms with Crippen LogP contribution in [0, 0.1) is 6.92 Å². The van der Waals surface area contributed by atoms with E-state index in [-0.39, 0.29) is 24.6 Å². The number of benzene rings is 2. The number of para-hydroxylation sites is 2. The summed E-state index contributed by atoms with van der Waals surface area (Å²) in [7, 11) is 0. The largest absolute Gasteiger partial charge is 0.477 e. The lowest BCUT2D eigenvalue weighted by Gasteiger charge is -2.33. The molecule has 0 saturated carbocycles. The normalized spacial score (nSPS) is 15.8. The Morgan fingerprint density at radius 2 is 2.04 bits per heavy atom. The first kappa shape index (κ1) is 17.7. The quantitative estimate of drug-likeness (QED) is 0.731. The summed E-state index contributed by atoms with van der Waals surface area (Å²) >= 11 is 0. The van der Waals surface area contributed by atoms with Crippen molar-refractivity contribution in [3.8, 4) is 5.75 Å². The molecule has 2 amide bonds. The van der Waals surface area contributed by atoms with Crippen LogP contribution < -0.4 is 20.9 Å². The van der Waals surface area contributed by atoms with Crippen molar-refractivity contribution in [2.75, 3.05) is 11.4 Å². The van der Waals surface area contributed by atoms with Crippen LogP contribution in [0.1, 0.15) is 5.56 Å². The molecule has 28 heavy (non-hydrogen) atoms. The standard InChI is InChI=1S/C20H18N4O4/c1-12-6-7-14-13(8-12)20(27)23(11-22-14)10-18(25)24-9-17(19(21)26)28-16-5-3-2-4-15(16)24/h2-8,11,17H,9-10H2,1H3,(H2,21,26)/t17-/m0/s1. The molecule has 2 heterocycles. The van der Waals surface area contributed by atoms with Gasteiger partial charge in [-0.25, -0.2) is 4.98 Å². The van der Waals surface area contributed by atoms with Gasteiger partial charge in [-0.2, -0.15) is 0 Å². The summed E-state index contributed by atoms with van der Waals surface area (Å²) in [5.41, 5.74) is 7.11. The highest BCUT2D eigenvalue weighted by molar-refractivity contribution is 5.97. The summed E-state index contributed by atoms with van der Waals surface area (Å²) in [6.07, 6.45) is 0.406. The zero-order valence-corrected chi connectivity index (χ0v) is 15.2. The van der Waals surface area contributed by atoms with Gasteiger partial charge in [0.2, 0.25) is 5.91 Å². The average Bonchev–Trinajstić information content (AvgIpc) is 2.69. The number of hydrogen-bond donors (Lipinski definition) is 1. The van der Waals surface area contributed by atoms with Gasteiger partial charge in [-0.1, -0.05) is 23.8 Å². The van der Waals surface area contributed by atoms with E-state index in [1.54, 1.807) is 36.4 Å². The molecule has 0 bridgehead atoms. The highest BCUT2D eigenvalue weighted by Gasteiger charge is 2.32. The molecule has 2 aromatic carbocycles. The second-order valence-electron chi connectivity index (χ2n) is 6.68. The van der Waals surface area contributed by atoms with Crippen molar-refractivity contribution in [2.45, 2.75) is 19.6 Å². The fourth-order valence-electron chi connectivity index (χ4n) is 3.24. The Hall–Kier alpha value is -3.68. The first-order chi connectivity index (χ1) is 13.4. The molecular formula is C20H18N4O4. The van der Waals surface area contributed by atoms with Crippen molar-refractivity contribution < 1.29 is 14.3 Å². The topological polar surface area (TPSA) is 108 Å². The molecule has 0 fully saturated rings. The number of anilines is 1. The van der Waals surface area contributed by atoms with Crippen LogP contribution in [0.5, 0.6) is 5.75 Å². The smallest absolute Gasteiger partial charge is 0.261 e. The number of primary amides is 1. The third kappa shape index (κ3) is 3.09. The number of amides is 2. The van der Waals surface area contributed by atoms with Gasteiger partial charge in [0.1, 0.15) is 12.3 Å². The summed E-state index contributed by atoms with van der Waals surface area (Å²) in [6, 6.07) is 12.3. The predicted molar refractivity (Wildman–Crippen MR) is 103 cm³/mol. The molecule has 142 valence electrons. The van der Waals surface area contributed by atoms with Gasteiger partial charge in [0.05, 0.1) is 29.5 Å². The van der Waals surface area contributed by atoms with Gasteiger partial charge >= 0.3 is 0 Å². The summed E-state index contributed by atoms with van der Waals surface area (Å²) in [4.78, 5) is 43.1. The molecule has 0 unspecified atom stereocenters. The van der Waals surface area contributed by atoms with Crippen LogP contribution in [0.3, 0.4) is 0 Å². The number of fused-ring (bicyclic) bond motifs is 2. The number of aromatic nitrogens is 2. The number of aryl methyl sites for hydroxylation is 1. The van der Waals surface area contributed by atoms with Crippen molar-refractivity contribution in [3.05, 3.63) is 64.7 Å². The maximum absolute atomic E-state index is 13.0. The Morgan fingerprint density at radius 1 is 1.25 bits per heavy atom. The molecule has 0 aliphatic carbocycles. The highest BCUT2D eigenvalue weighted by Crippen LogP contribution is 2.33. The third-order valence-corrected chi connectivity index (χ3v) is 4.68. The number of nitrogens with two attached hydrogens (primary N) is 1. The lowest BCUT2D eigenvalue weighted by atomic mass is 10.1. The van der Waals surface area contributed by atoms with Gasteiger partial charge in [-0.15, -0.1) is 0 Å². The molecule has 1 aromatic heterocycles. The molecule has 8 nitrogen and oxygen atoms in total. The fourth-order valence-corrected chi connectivity index (χ4v) is 3.24. The third-order valence-electron chi connectivity index (χ3n) is 4.68. The second-order valence-corrected chi connectivity index (χ2v) is 6.68. The summed E-state index contributed by atoms with van der Waals surface area (Å²) < 4.78 is 6.83. The van der Waals surface area contributed by atoms with E-state index in [9.17, 15) is 14.4 Å². The Labute approximate surface area is 160 Å². The molecule has 0 spiro atoms. The van der Waals surface area contributed by atoms with Gasteiger partial charge < -0.3 is 15.4 Å². The minimum absolute atomic E-state index is 0.0138. The number of carbonyl (C=O) groups is 2. The lowest BCUT2D eigenvalue weighted by Crippen LogP contribution is -2.50. The van der Waals surface area contributed by atoms with Crippen LogP contribution in [0.25, 0.3) is 10.9 Å². The van der Waals surface area contributed by atoms with E-state index in [0.717, 1.165) is 5.56 Å². The van der Waals surface area contributed by atoms with Crippen molar-refractivity contribution in [1.29, 1.82) is 0 Å². The Morgan fingerprint density at radius 3 is 2.82 bits per heavy atom. The molecule has 0 saturated heterocycles. The van der Waals surface area contributed by atoms with Gasteiger partial charge in [-0.3, -0.25) is 19.0 Å². The Balaban J connectivity index is 1.68. The number of hydrogen-bond acceptors (Lipinski definition) is 5. The molecule has 1 atom stereocenters. The maximum Gasteiger partial charge on any atom is 0.261 e. The minimum atomic E-state index is -0.951. The Bertz CT molecular complexity index is 1150. The van der Waals surface area contributed by atoms with E-state index in [1.165, 1.54) is 15.8 Å². The maximum atomic E-state index is 13.0. The molecule has 8 heteroatoms. The van der Waals surface area contributed by atoms with Crippen LogP contribution in [0.4, 0.5) is 5.69 Å². The van der Waals surface area contributed by atoms with Crippen LogP contribution in [0.15, 0.2) is 53.6 Å². The van der Waals surface area contributed by atoms with Crippen molar-refractivity contribution in [3.63, 3.8) is 0 Å². The van der Waals surface area contributed by atoms with E-state index in [4.69, 9.17) is 10.5 Å². The number of nitrogens with zero attached hydrogens (tertiary/aromatic N) is 3. The SMILES string of the molecule is Cc1ccc2ncn(CC(=O)N3C[C@@H](C(N)=O)Oc4ccccc43)c(=O)c2c1. The number of ether oxygens (including phenoxy) is 1. The van der Waals surface area contributed by atoms with Crippen molar-refractivity contribution >= 4 is 28.4 Å². The van der Waals surface area contributed by atoms with Gasteiger partial charge in [-0.05, 0) is 31.2 Å². The summed E-state index contributed by atoms with van der Waals surface area (Å²) in [5.74, 6) is -0.629. The van der Waals surface area contributed by atoms with E-state index >= 15 is 0 Å². The monoisotopic (exact) mass is 378 g/mol. The van der Waals surface area contributed by atoms with Crippen molar-refractivity contribution in [2.24, 2.45) is 5.73 Å². The second kappa shape index (κ2) is 6.80. The summed E-state index contributed by atoms with van der Waals surface area (Å²) in [6.45, 7) is 1.66. The zero-order chi connectivity index (χ0) is 19.8. The molecule has 1 aliphatic rings. The molecule has 4 rings (SSSR count). The van der Waals surface area contributed by atoms with Crippen LogP contribution in [-0.2, 0) is 16.1 Å². The zero-order valence-electron chi connectivity index (χ0n) is 15.2. The molecular weight excluding hydrogens is 360 g/mol. The molecule has 0 radical (unpaired) electrons. The van der Waals surface area contributed by atoms with Crippen LogP contribution >= 0.6 is 0 Å². The van der Waals surface area contributed by atoms with E-state index < -0.39 is 12.0 Å². The van der Waals surface area contributed by atoms with Gasteiger partial charge in [0, 0.05) is 0 Å². The van der Waals surface area contributed by atoms with E-state index in [0.29, 0.717) is 22.3 Å². The first-order valence-corrected chi connectivity index (χ1v) is 8.75. The van der Waals surface area contributed by atoms with Gasteiger partial charge in [0.15, 0.2) is 6.10 Å². The fraction of sp³-hybridized carbons (Fsp3) is 0.200. The van der Waals surface area contributed by atoms with Crippen molar-refractivity contribution in [1.82, 2.24) is 9.55 Å². The van der Waals surface area contributed by atoms with Gasteiger partial charge in [0.25, 0.3) is 11.5 Å². The first-order valence-electron chi connectivity index (χ1n) is 8.75. The molecule has 3 aromatic rings. The lowest BCUT2D eigenvalue weighted by molar-refractivity contribution is -0.125. The van der Waals surface area contributed by atoms with E-state index in [2.05, 4.69) is 4.98 Å². The Kier molecular flexibility index (Phi) is 4.31. The van der Waals surface area contributed by atoms with Crippen LogP contribution in [-0.4, -0.2) is 34.0 Å².